The Balaban J connectivity index is 1.83. The Morgan fingerprint density at radius 2 is 1.69 bits per heavy atom. The first kappa shape index (κ1) is 24.1. The fourth-order valence-corrected chi connectivity index (χ4v) is 4.15. The Morgan fingerprint density at radius 3 is 2.34 bits per heavy atom. The van der Waals surface area contributed by atoms with Gasteiger partial charge in [-0.2, -0.15) is 0 Å². The number of aliphatic hydroxyl groups is 1. The maximum atomic E-state index is 13.3. The van der Waals surface area contributed by atoms with Gasteiger partial charge in [-0.3, -0.25) is 14.5 Å². The Hall–Kier alpha value is -4.06. The van der Waals surface area contributed by atoms with Gasteiger partial charge in [0, 0.05) is 11.3 Å². The third-order valence-electron chi connectivity index (χ3n) is 5.84. The molecule has 0 spiro atoms. The van der Waals surface area contributed by atoms with Gasteiger partial charge in [0.15, 0.2) is 0 Å². The van der Waals surface area contributed by atoms with Crippen molar-refractivity contribution >= 4 is 23.1 Å². The molecule has 1 N–H and O–H groups in total. The molecule has 35 heavy (non-hydrogen) atoms. The van der Waals surface area contributed by atoms with Crippen molar-refractivity contribution < 1.29 is 24.2 Å². The van der Waals surface area contributed by atoms with Gasteiger partial charge in [0.2, 0.25) is 0 Å². The Labute approximate surface area is 205 Å². The van der Waals surface area contributed by atoms with Crippen LogP contribution in [0.5, 0.6) is 11.5 Å². The maximum absolute atomic E-state index is 13.3. The van der Waals surface area contributed by atoms with Crippen LogP contribution >= 0.6 is 0 Å². The number of aryl methyl sites for hydroxylation is 1. The van der Waals surface area contributed by atoms with Gasteiger partial charge < -0.3 is 14.6 Å². The van der Waals surface area contributed by atoms with Gasteiger partial charge in [-0.25, -0.2) is 0 Å². The van der Waals surface area contributed by atoms with Crippen LogP contribution in [0.15, 0.2) is 78.4 Å². The number of hydrogen-bond donors (Lipinski definition) is 1. The molecule has 1 aliphatic heterocycles. The summed E-state index contributed by atoms with van der Waals surface area (Å²) in [6.07, 6.45) is 0. The normalized spacial score (nSPS) is 17.2. The van der Waals surface area contributed by atoms with Crippen molar-refractivity contribution in [3.05, 3.63) is 95.1 Å². The molecule has 0 aromatic heterocycles. The molecule has 1 amide bonds. The topological polar surface area (TPSA) is 76.1 Å². The number of carbonyl (C=O) groups excluding carboxylic acids is 2. The number of benzene rings is 3. The number of Topliss-reactive ketones (excluding diaryl/α,β-unsaturated/α-hetero) is 1. The molecule has 0 aliphatic carbocycles. The molecule has 1 aliphatic rings. The van der Waals surface area contributed by atoms with E-state index in [0.29, 0.717) is 35.3 Å². The van der Waals surface area contributed by atoms with Crippen molar-refractivity contribution in [1.82, 2.24) is 0 Å². The van der Waals surface area contributed by atoms with E-state index in [1.165, 1.54) is 12.0 Å². The average molecular weight is 472 g/mol. The number of rotatable bonds is 7. The van der Waals surface area contributed by atoms with Crippen LogP contribution in [-0.4, -0.2) is 30.5 Å². The van der Waals surface area contributed by atoms with Crippen LogP contribution in [0, 0.1) is 12.8 Å². The molecule has 1 heterocycles. The standard InChI is InChI=1S/C29H29NO5/c1-18(2)17-35-23-13-11-22(12-14-23)30-26(20-8-5-7-19(3)15-20)25(28(32)29(30)33)27(31)21-9-6-10-24(16-21)34-4/h5-16,18,26,31H,17H2,1-4H3/b27-25-. The van der Waals surface area contributed by atoms with Crippen molar-refractivity contribution in [2.45, 2.75) is 26.8 Å². The van der Waals surface area contributed by atoms with Gasteiger partial charge in [-0.1, -0.05) is 55.8 Å². The van der Waals surface area contributed by atoms with Crippen LogP contribution in [0.3, 0.4) is 0 Å². The predicted molar refractivity (Wildman–Crippen MR) is 136 cm³/mol. The molecular formula is C29H29NO5. The van der Waals surface area contributed by atoms with Crippen LogP contribution in [0.1, 0.15) is 36.6 Å². The zero-order chi connectivity index (χ0) is 25.1. The molecule has 3 aromatic carbocycles. The van der Waals surface area contributed by atoms with E-state index in [0.717, 1.165) is 11.1 Å². The summed E-state index contributed by atoms with van der Waals surface area (Å²) in [6.45, 7) is 6.66. The van der Waals surface area contributed by atoms with E-state index in [1.54, 1.807) is 48.5 Å². The van der Waals surface area contributed by atoms with Gasteiger partial charge in [0.1, 0.15) is 17.3 Å². The second-order valence-corrected chi connectivity index (χ2v) is 9.01. The first-order valence-corrected chi connectivity index (χ1v) is 11.5. The third kappa shape index (κ3) is 4.92. The van der Waals surface area contributed by atoms with Gasteiger partial charge in [-0.15, -0.1) is 0 Å². The summed E-state index contributed by atoms with van der Waals surface area (Å²) in [6, 6.07) is 20.7. The lowest BCUT2D eigenvalue weighted by molar-refractivity contribution is -0.132. The SMILES string of the molecule is COc1cccc(/C(O)=C2/C(=O)C(=O)N(c3ccc(OCC(C)C)cc3)C2c2cccc(C)c2)c1. The first-order valence-electron chi connectivity index (χ1n) is 11.5. The van der Waals surface area contributed by atoms with E-state index >= 15 is 0 Å². The molecule has 1 fully saturated rings. The number of carbonyl (C=O) groups is 2. The molecule has 1 unspecified atom stereocenters. The highest BCUT2D eigenvalue weighted by molar-refractivity contribution is 6.51. The molecule has 6 nitrogen and oxygen atoms in total. The maximum Gasteiger partial charge on any atom is 0.300 e. The third-order valence-corrected chi connectivity index (χ3v) is 5.84. The lowest BCUT2D eigenvalue weighted by Crippen LogP contribution is -2.29. The van der Waals surface area contributed by atoms with E-state index in [-0.39, 0.29) is 11.3 Å². The van der Waals surface area contributed by atoms with Gasteiger partial charge in [0.25, 0.3) is 11.7 Å². The van der Waals surface area contributed by atoms with Crippen molar-refractivity contribution in [2.75, 3.05) is 18.6 Å². The van der Waals surface area contributed by atoms with Crippen LogP contribution in [0.25, 0.3) is 5.76 Å². The molecule has 1 saturated heterocycles. The van der Waals surface area contributed by atoms with Crippen LogP contribution < -0.4 is 14.4 Å². The lowest BCUT2D eigenvalue weighted by Gasteiger charge is -2.26. The number of ketones is 1. The van der Waals surface area contributed by atoms with Crippen molar-refractivity contribution in [2.24, 2.45) is 5.92 Å². The molecule has 1 atom stereocenters. The van der Waals surface area contributed by atoms with Crippen molar-refractivity contribution in [1.29, 1.82) is 0 Å². The zero-order valence-corrected chi connectivity index (χ0v) is 20.3. The van der Waals surface area contributed by atoms with E-state index in [2.05, 4.69) is 13.8 Å². The largest absolute Gasteiger partial charge is 0.507 e. The monoisotopic (exact) mass is 471 g/mol. The van der Waals surface area contributed by atoms with Crippen LogP contribution in [0.4, 0.5) is 5.69 Å². The minimum absolute atomic E-state index is 0.0361. The zero-order valence-electron chi connectivity index (χ0n) is 20.3. The summed E-state index contributed by atoms with van der Waals surface area (Å²) in [5.74, 6) is -0.0813. The highest BCUT2D eigenvalue weighted by atomic mass is 16.5. The first-order chi connectivity index (χ1) is 16.8. The number of nitrogens with zero attached hydrogens (tertiary/aromatic N) is 1. The second-order valence-electron chi connectivity index (χ2n) is 9.01. The van der Waals surface area contributed by atoms with E-state index in [4.69, 9.17) is 9.47 Å². The van der Waals surface area contributed by atoms with Crippen molar-refractivity contribution in [3.8, 4) is 11.5 Å². The summed E-state index contributed by atoms with van der Waals surface area (Å²) in [5.41, 5.74) is 2.69. The predicted octanol–water partition coefficient (Wildman–Crippen LogP) is 5.66. The van der Waals surface area contributed by atoms with E-state index < -0.39 is 17.7 Å². The number of amides is 1. The Bertz CT molecular complexity index is 1280. The molecule has 0 radical (unpaired) electrons. The molecular weight excluding hydrogens is 442 g/mol. The number of aliphatic hydroxyl groups excluding tert-OH is 1. The highest BCUT2D eigenvalue weighted by Crippen LogP contribution is 2.42. The van der Waals surface area contributed by atoms with Crippen LogP contribution in [-0.2, 0) is 9.59 Å². The summed E-state index contributed by atoms with van der Waals surface area (Å²) < 4.78 is 11.0. The number of ether oxygens (including phenoxy) is 2. The molecule has 4 rings (SSSR count). The summed E-state index contributed by atoms with van der Waals surface area (Å²) in [4.78, 5) is 28.1. The van der Waals surface area contributed by atoms with Crippen molar-refractivity contribution in [3.63, 3.8) is 0 Å². The summed E-state index contributed by atoms with van der Waals surface area (Å²) in [7, 11) is 1.53. The Morgan fingerprint density at radius 1 is 0.971 bits per heavy atom. The molecule has 180 valence electrons. The highest BCUT2D eigenvalue weighted by Gasteiger charge is 2.47. The quantitative estimate of drug-likeness (QED) is 0.273. The molecule has 3 aromatic rings. The lowest BCUT2D eigenvalue weighted by atomic mass is 9.94. The smallest absolute Gasteiger partial charge is 0.300 e. The molecule has 6 heteroatoms. The summed E-state index contributed by atoms with van der Waals surface area (Å²) >= 11 is 0. The fraction of sp³-hybridized carbons (Fsp3) is 0.241. The molecule has 0 saturated carbocycles. The van der Waals surface area contributed by atoms with Gasteiger partial charge in [-0.05, 0) is 54.8 Å². The molecule has 0 bridgehead atoms. The fourth-order valence-electron chi connectivity index (χ4n) is 4.15. The minimum atomic E-state index is -0.788. The number of anilines is 1. The average Bonchev–Trinajstić information content (AvgIpc) is 3.13. The second kappa shape index (κ2) is 10.1. The van der Waals surface area contributed by atoms with E-state index in [9.17, 15) is 14.7 Å². The number of hydrogen-bond acceptors (Lipinski definition) is 5. The summed E-state index contributed by atoms with van der Waals surface area (Å²) in [5, 5.41) is 11.3. The Kier molecular flexibility index (Phi) is 6.92. The van der Waals surface area contributed by atoms with Crippen LogP contribution in [0.2, 0.25) is 0 Å². The van der Waals surface area contributed by atoms with E-state index in [1.807, 2.05) is 31.2 Å². The minimum Gasteiger partial charge on any atom is -0.507 e. The van der Waals surface area contributed by atoms with Gasteiger partial charge >= 0.3 is 0 Å². The van der Waals surface area contributed by atoms with Gasteiger partial charge in [0.05, 0.1) is 25.3 Å². The number of methoxy groups -OCH3 is 1.